The van der Waals surface area contributed by atoms with Gasteiger partial charge < -0.3 is 0 Å². The Morgan fingerprint density at radius 1 is 0.750 bits per heavy atom. The molecule has 0 atom stereocenters. The van der Waals surface area contributed by atoms with Gasteiger partial charge in [0, 0.05) is 0 Å². The van der Waals surface area contributed by atoms with Gasteiger partial charge in [0.15, 0.2) is 0 Å². The van der Waals surface area contributed by atoms with E-state index >= 15 is 0 Å². The predicted molar refractivity (Wildman–Crippen MR) is 31.6 cm³/mol. The van der Waals surface area contributed by atoms with Crippen LogP contribution < -0.4 is 0 Å². The molecule has 0 fully saturated rings. The molecule has 0 rings (SSSR count). The van der Waals surface area contributed by atoms with Crippen LogP contribution in [0, 0.1) is 0 Å². The van der Waals surface area contributed by atoms with Crippen LogP contribution in [0.5, 0.6) is 0 Å². The SMILES string of the molecule is Cl.Cl.[MgH2].[PbH2]. The number of hydrogen-bond donors (Lipinski definition) is 0. The van der Waals surface area contributed by atoms with E-state index in [9.17, 15) is 0 Å². The van der Waals surface area contributed by atoms with Gasteiger partial charge in [0.25, 0.3) is 0 Å². The summed E-state index contributed by atoms with van der Waals surface area (Å²) in [6, 6.07) is 0. The van der Waals surface area contributed by atoms with Crippen LogP contribution >= 0.6 is 24.8 Å². The van der Waals surface area contributed by atoms with Gasteiger partial charge in [-0.1, -0.05) is 0 Å². The predicted octanol–water partition coefficient (Wildman–Crippen LogP) is -0.989. The third kappa shape index (κ3) is 8.86. The Morgan fingerprint density at radius 3 is 0.750 bits per heavy atom. The van der Waals surface area contributed by atoms with Crippen molar-refractivity contribution in [2.75, 3.05) is 0 Å². The Labute approximate surface area is 74.2 Å². The molecule has 0 saturated heterocycles. The van der Waals surface area contributed by atoms with Gasteiger partial charge in [-0.05, 0) is 0 Å². The molecule has 0 saturated carbocycles. The molecule has 4 heavy (non-hydrogen) atoms. The third-order valence-electron chi connectivity index (χ3n) is 0. The average molecular weight is 308 g/mol. The van der Waals surface area contributed by atoms with Gasteiger partial charge in [0.1, 0.15) is 0 Å². The molecule has 0 heterocycles. The zero-order valence-corrected chi connectivity index (χ0v) is 8.65. The van der Waals surface area contributed by atoms with E-state index in [1.165, 1.54) is 0 Å². The first-order chi connectivity index (χ1) is 0. The zero-order chi connectivity index (χ0) is 0. The molecular weight excluding hydrogens is 302 g/mol. The average Bonchev–Trinajstić information content (AvgIpc) is 0. The van der Waals surface area contributed by atoms with Crippen LogP contribution in [0.25, 0.3) is 0 Å². The fourth-order valence-electron chi connectivity index (χ4n) is 0. The Morgan fingerprint density at radius 2 is 0.750 bits per heavy atom. The summed E-state index contributed by atoms with van der Waals surface area (Å²) < 4.78 is 0. The second kappa shape index (κ2) is 18.7. The summed E-state index contributed by atoms with van der Waals surface area (Å²) in [5.41, 5.74) is 0. The normalized spacial score (nSPS) is 0. The molecule has 0 aliphatic carbocycles. The summed E-state index contributed by atoms with van der Waals surface area (Å²) in [6.45, 7) is 0. The molecular formula is H6Cl2MgPb. The maximum absolute atomic E-state index is 0. The molecule has 0 aromatic rings. The maximum atomic E-state index is 0. The summed E-state index contributed by atoms with van der Waals surface area (Å²) in [5, 5.41) is 0. The minimum absolute atomic E-state index is 0. The van der Waals surface area contributed by atoms with Gasteiger partial charge in [0.05, 0.1) is 0 Å². The summed E-state index contributed by atoms with van der Waals surface area (Å²) in [7, 11) is 0. The van der Waals surface area contributed by atoms with E-state index in [1.54, 1.807) is 0 Å². The van der Waals surface area contributed by atoms with Crippen LogP contribution in [0.15, 0.2) is 0 Å². The molecule has 0 nitrogen and oxygen atoms in total. The first kappa shape index (κ1) is 33.8. The second-order valence-corrected chi connectivity index (χ2v) is 0. The molecule has 26 valence electrons. The topological polar surface area (TPSA) is 0 Å². The first-order valence-electron chi connectivity index (χ1n) is 0. The molecule has 0 spiro atoms. The van der Waals surface area contributed by atoms with Crippen molar-refractivity contribution >= 4 is 75.2 Å². The zero-order valence-electron chi connectivity index (χ0n) is 1.52. The van der Waals surface area contributed by atoms with Crippen LogP contribution in [-0.2, 0) is 0 Å². The van der Waals surface area contributed by atoms with Crippen molar-refractivity contribution in [1.82, 2.24) is 0 Å². The van der Waals surface area contributed by atoms with E-state index in [0.717, 1.165) is 0 Å². The molecule has 2 radical (unpaired) electrons. The molecule has 0 N–H and O–H groups in total. The summed E-state index contributed by atoms with van der Waals surface area (Å²) >= 11 is 0. The summed E-state index contributed by atoms with van der Waals surface area (Å²) in [6.07, 6.45) is 0. The van der Waals surface area contributed by atoms with E-state index in [4.69, 9.17) is 0 Å². The van der Waals surface area contributed by atoms with Crippen molar-refractivity contribution in [1.29, 1.82) is 0 Å². The van der Waals surface area contributed by atoms with Gasteiger partial charge in [0.2, 0.25) is 0 Å². The van der Waals surface area contributed by atoms with Gasteiger partial charge in [-0.25, -0.2) is 0 Å². The molecule has 4 heteroatoms. The Kier molecular flexibility index (Phi) is 158. The molecule has 0 aromatic carbocycles. The Hall–Kier alpha value is 2.27. The van der Waals surface area contributed by atoms with Crippen molar-refractivity contribution in [3.8, 4) is 0 Å². The number of hydrogen-bond acceptors (Lipinski definition) is 0. The van der Waals surface area contributed by atoms with Crippen LogP contribution in [0.3, 0.4) is 0 Å². The molecule has 0 bridgehead atoms. The molecule has 0 aliphatic rings. The molecule has 0 unspecified atom stereocenters. The van der Waals surface area contributed by atoms with Crippen LogP contribution in [0.1, 0.15) is 0 Å². The summed E-state index contributed by atoms with van der Waals surface area (Å²) in [5.74, 6) is 0. The van der Waals surface area contributed by atoms with E-state index in [2.05, 4.69) is 0 Å². The standard InChI is InChI=1S/2ClH.Mg.Pb.4H/h2*1H;;;;;;. The van der Waals surface area contributed by atoms with E-state index in [1.807, 2.05) is 0 Å². The molecule has 0 aliphatic heterocycles. The van der Waals surface area contributed by atoms with Crippen LogP contribution in [0.2, 0.25) is 0 Å². The van der Waals surface area contributed by atoms with Crippen molar-refractivity contribution < 1.29 is 0 Å². The van der Waals surface area contributed by atoms with Gasteiger partial charge in [-0.15, -0.1) is 24.8 Å². The number of halogens is 2. The molecule has 0 amide bonds. The van der Waals surface area contributed by atoms with E-state index < -0.39 is 0 Å². The van der Waals surface area contributed by atoms with Crippen LogP contribution in [-0.4, -0.2) is 50.4 Å². The van der Waals surface area contributed by atoms with Gasteiger partial charge in [-0.2, -0.15) is 0 Å². The van der Waals surface area contributed by atoms with Crippen molar-refractivity contribution in [2.45, 2.75) is 0 Å². The Balaban J connectivity index is 0. The third-order valence-corrected chi connectivity index (χ3v) is 0. The van der Waals surface area contributed by atoms with E-state index in [0.29, 0.717) is 0 Å². The fraction of sp³-hybridized carbons (Fsp3) is 0. The minimum atomic E-state index is 0. The quantitative estimate of drug-likeness (QED) is 0.504. The first-order valence-corrected chi connectivity index (χ1v) is 0. The fourth-order valence-corrected chi connectivity index (χ4v) is 0. The number of rotatable bonds is 0. The van der Waals surface area contributed by atoms with Crippen molar-refractivity contribution in [2.24, 2.45) is 0 Å². The Bertz CT molecular complexity index is 6.00. The van der Waals surface area contributed by atoms with E-state index in [-0.39, 0.29) is 75.2 Å². The second-order valence-electron chi connectivity index (χ2n) is 0. The summed E-state index contributed by atoms with van der Waals surface area (Å²) in [4.78, 5) is 0. The monoisotopic (exact) mass is 308 g/mol. The van der Waals surface area contributed by atoms with Crippen molar-refractivity contribution in [3.63, 3.8) is 0 Å². The van der Waals surface area contributed by atoms with Gasteiger partial charge >= 0.3 is 50.4 Å². The van der Waals surface area contributed by atoms with Crippen LogP contribution in [0.4, 0.5) is 0 Å². The van der Waals surface area contributed by atoms with Crippen molar-refractivity contribution in [3.05, 3.63) is 0 Å². The van der Waals surface area contributed by atoms with Gasteiger partial charge in [-0.3, -0.25) is 0 Å². The molecule has 0 aromatic heterocycles.